The summed E-state index contributed by atoms with van der Waals surface area (Å²) >= 11 is 0. The van der Waals surface area contributed by atoms with Crippen LogP contribution >= 0.6 is 0 Å². The van der Waals surface area contributed by atoms with Gasteiger partial charge in [-0.1, -0.05) is 6.92 Å². The van der Waals surface area contributed by atoms with E-state index in [1.54, 1.807) is 0 Å². The Labute approximate surface area is 85.8 Å². The van der Waals surface area contributed by atoms with Gasteiger partial charge in [-0.3, -0.25) is 0 Å². The van der Waals surface area contributed by atoms with E-state index in [0.29, 0.717) is 0 Å². The first kappa shape index (κ1) is 14.6. The quantitative estimate of drug-likeness (QED) is 0.540. The van der Waals surface area contributed by atoms with Crippen molar-refractivity contribution in [1.82, 2.24) is 5.32 Å². The Hall–Kier alpha value is -0.370. The lowest BCUT2D eigenvalue weighted by Gasteiger charge is -2.15. The van der Waals surface area contributed by atoms with Crippen molar-refractivity contribution in [1.29, 1.82) is 0 Å². The molecule has 0 heterocycles. The number of nitrogens with one attached hydrogen (secondary N) is 1. The van der Waals surface area contributed by atoms with Gasteiger partial charge in [0.1, 0.15) is 0 Å². The van der Waals surface area contributed by atoms with Gasteiger partial charge in [-0.25, -0.2) is 17.2 Å². The average Bonchev–Trinajstić information content (AvgIpc) is 2.12. The van der Waals surface area contributed by atoms with Crippen LogP contribution in [0.15, 0.2) is 0 Å². The van der Waals surface area contributed by atoms with Gasteiger partial charge in [0.2, 0.25) is 0 Å². The molecule has 0 spiro atoms. The van der Waals surface area contributed by atoms with Gasteiger partial charge in [0.15, 0.2) is 9.84 Å². The lowest BCUT2D eigenvalue weighted by molar-refractivity contribution is -0.124. The van der Waals surface area contributed by atoms with Gasteiger partial charge >= 0.3 is 12.3 Å². The third kappa shape index (κ3) is 5.93. The molecular weight excluding hydrogens is 238 g/mol. The molecule has 0 aromatic carbocycles. The summed E-state index contributed by atoms with van der Waals surface area (Å²) in [5.74, 6) is -4.54. The van der Waals surface area contributed by atoms with E-state index >= 15 is 0 Å². The summed E-state index contributed by atoms with van der Waals surface area (Å²) in [5.41, 5.74) is 0. The molecule has 0 aliphatic carbocycles. The van der Waals surface area contributed by atoms with Crippen LogP contribution < -0.4 is 5.32 Å². The van der Waals surface area contributed by atoms with Crippen LogP contribution in [0.2, 0.25) is 0 Å². The van der Waals surface area contributed by atoms with Crippen LogP contribution in [0.25, 0.3) is 0 Å². The molecule has 0 saturated carbocycles. The number of alkyl halides is 4. The first-order chi connectivity index (χ1) is 6.71. The van der Waals surface area contributed by atoms with E-state index < -0.39 is 28.7 Å². The molecule has 0 saturated heterocycles. The minimum absolute atomic E-state index is 0.0973. The molecule has 0 unspecified atom stereocenters. The van der Waals surface area contributed by atoms with E-state index in [-0.39, 0.29) is 18.1 Å². The maximum absolute atomic E-state index is 12.3. The normalized spacial score (nSPS) is 13.5. The Balaban J connectivity index is 3.82. The maximum atomic E-state index is 12.3. The molecule has 0 atom stereocenters. The molecule has 0 aliphatic heterocycles. The van der Waals surface area contributed by atoms with Gasteiger partial charge in [0.25, 0.3) is 0 Å². The van der Waals surface area contributed by atoms with Crippen LogP contribution in [0.4, 0.5) is 17.6 Å². The Morgan fingerprint density at radius 1 is 1.33 bits per heavy atom. The average molecular weight is 251 g/mol. The second-order valence-corrected chi connectivity index (χ2v) is 5.45. The monoisotopic (exact) mass is 251 g/mol. The Morgan fingerprint density at radius 3 is 2.27 bits per heavy atom. The number of rotatable bonds is 7. The van der Waals surface area contributed by atoms with Crippen LogP contribution in [-0.4, -0.2) is 45.4 Å². The van der Waals surface area contributed by atoms with E-state index in [4.69, 9.17) is 0 Å². The van der Waals surface area contributed by atoms with E-state index in [9.17, 15) is 26.0 Å². The zero-order valence-corrected chi connectivity index (χ0v) is 8.96. The molecule has 8 heteroatoms. The fourth-order valence-electron chi connectivity index (χ4n) is 0.704. The highest BCUT2D eigenvalue weighted by atomic mass is 32.2. The number of hydrogen-bond donors (Lipinski definition) is 1. The number of hydrogen-bond acceptors (Lipinski definition) is 3. The van der Waals surface area contributed by atoms with Crippen molar-refractivity contribution in [3.05, 3.63) is 0 Å². The lowest BCUT2D eigenvalue weighted by atomic mass is 10.3. The first-order valence-electron chi connectivity index (χ1n) is 4.28. The summed E-state index contributed by atoms with van der Waals surface area (Å²) in [6.07, 6.45) is -3.74. The summed E-state index contributed by atoms with van der Waals surface area (Å²) in [6.45, 7) is -0.0501. The van der Waals surface area contributed by atoms with Crippen LogP contribution in [0.1, 0.15) is 6.92 Å². The van der Waals surface area contributed by atoms with Crippen molar-refractivity contribution < 1.29 is 26.0 Å². The van der Waals surface area contributed by atoms with Crippen LogP contribution in [-0.2, 0) is 9.84 Å². The number of sulfone groups is 1. The van der Waals surface area contributed by atoms with Crippen molar-refractivity contribution in [2.75, 3.05) is 24.6 Å². The summed E-state index contributed by atoms with van der Waals surface area (Å²) < 4.78 is 69.6. The maximum Gasteiger partial charge on any atom is 0.319 e. The number of halogens is 4. The second-order valence-electron chi connectivity index (χ2n) is 2.97. The highest BCUT2D eigenvalue weighted by molar-refractivity contribution is 7.91. The van der Waals surface area contributed by atoms with Crippen molar-refractivity contribution in [2.24, 2.45) is 0 Å². The predicted octanol–water partition coefficient (Wildman–Crippen LogP) is 0.911. The van der Waals surface area contributed by atoms with Crippen molar-refractivity contribution in [3.8, 4) is 0 Å². The molecule has 1 N–H and O–H groups in total. The molecule has 0 rings (SSSR count). The van der Waals surface area contributed by atoms with E-state index in [1.807, 2.05) is 5.32 Å². The van der Waals surface area contributed by atoms with Gasteiger partial charge in [-0.05, 0) is 0 Å². The molecule has 0 aliphatic rings. The highest BCUT2D eigenvalue weighted by Gasteiger charge is 2.39. The molecular formula is C7H13F4NO2S. The first-order valence-corrected chi connectivity index (χ1v) is 6.10. The topological polar surface area (TPSA) is 46.2 Å². The summed E-state index contributed by atoms with van der Waals surface area (Å²) in [6, 6.07) is 0. The summed E-state index contributed by atoms with van der Waals surface area (Å²) in [5, 5.41) is 1.99. The van der Waals surface area contributed by atoms with Crippen LogP contribution in [0.5, 0.6) is 0 Å². The smallest absolute Gasteiger partial charge is 0.310 e. The van der Waals surface area contributed by atoms with E-state index in [0.717, 1.165) is 0 Å². The molecule has 3 nitrogen and oxygen atoms in total. The molecule has 0 aromatic heterocycles. The van der Waals surface area contributed by atoms with Gasteiger partial charge in [0, 0.05) is 12.3 Å². The molecule has 92 valence electrons. The molecule has 0 amide bonds. The van der Waals surface area contributed by atoms with E-state index in [1.165, 1.54) is 6.92 Å². The van der Waals surface area contributed by atoms with Gasteiger partial charge in [-0.2, -0.15) is 8.78 Å². The van der Waals surface area contributed by atoms with Crippen LogP contribution in [0, 0.1) is 0 Å². The molecule has 15 heavy (non-hydrogen) atoms. The molecule has 0 fully saturated rings. The Morgan fingerprint density at radius 2 is 1.87 bits per heavy atom. The third-order valence-electron chi connectivity index (χ3n) is 1.71. The fraction of sp³-hybridized carbons (Fsp3) is 1.00. The highest BCUT2D eigenvalue weighted by Crippen LogP contribution is 2.21. The minimum atomic E-state index is -4.12. The van der Waals surface area contributed by atoms with Gasteiger partial charge < -0.3 is 5.32 Å². The molecule has 0 radical (unpaired) electrons. The van der Waals surface area contributed by atoms with E-state index in [2.05, 4.69) is 0 Å². The van der Waals surface area contributed by atoms with Gasteiger partial charge in [-0.15, -0.1) is 0 Å². The zero-order valence-electron chi connectivity index (χ0n) is 8.14. The fourth-order valence-corrected chi connectivity index (χ4v) is 1.45. The zero-order chi connectivity index (χ0) is 12.1. The summed E-state index contributed by atoms with van der Waals surface area (Å²) in [4.78, 5) is 0. The lowest BCUT2D eigenvalue weighted by Crippen LogP contribution is -2.40. The Kier molecular flexibility index (Phi) is 5.50. The molecule has 0 bridgehead atoms. The van der Waals surface area contributed by atoms with Crippen molar-refractivity contribution in [2.45, 2.75) is 19.3 Å². The summed E-state index contributed by atoms with van der Waals surface area (Å²) in [7, 11) is -3.25. The standard InChI is InChI=1S/C7H13F4NO2S/c1-2-15(13,14)4-3-12-5-7(10,11)6(8)9/h6,12H,2-5H2,1H3. The van der Waals surface area contributed by atoms with Crippen LogP contribution in [0.3, 0.4) is 0 Å². The predicted molar refractivity (Wildman–Crippen MR) is 48.1 cm³/mol. The van der Waals surface area contributed by atoms with Crippen molar-refractivity contribution in [3.63, 3.8) is 0 Å². The van der Waals surface area contributed by atoms with Gasteiger partial charge in [0.05, 0.1) is 12.3 Å². The second kappa shape index (κ2) is 5.64. The largest absolute Gasteiger partial charge is 0.319 e. The third-order valence-corrected chi connectivity index (χ3v) is 3.42. The molecule has 0 aromatic rings. The van der Waals surface area contributed by atoms with Crippen molar-refractivity contribution >= 4 is 9.84 Å². The SMILES string of the molecule is CCS(=O)(=O)CCNCC(F)(F)C(F)F. The Bertz CT molecular complexity index is 279. The minimum Gasteiger partial charge on any atom is -0.310 e.